The van der Waals surface area contributed by atoms with Crippen LogP contribution in [0.25, 0.3) is 11.1 Å². The van der Waals surface area contributed by atoms with Gasteiger partial charge in [0.05, 0.1) is 5.41 Å². The molecule has 0 bridgehead atoms. The normalized spacial score (nSPS) is 13.9. The summed E-state index contributed by atoms with van der Waals surface area (Å²) in [6.07, 6.45) is 0. The van der Waals surface area contributed by atoms with Gasteiger partial charge in [-0.3, -0.25) is 0 Å². The van der Waals surface area contributed by atoms with Crippen LogP contribution in [0.3, 0.4) is 0 Å². The van der Waals surface area contributed by atoms with E-state index in [0.717, 1.165) is 0 Å². The van der Waals surface area contributed by atoms with Gasteiger partial charge < -0.3 is 0 Å². The molecule has 0 aliphatic heterocycles. The van der Waals surface area contributed by atoms with Gasteiger partial charge in [-0.15, -0.1) is 0 Å². The van der Waals surface area contributed by atoms with Crippen LogP contribution in [0.1, 0.15) is 22.3 Å². The summed E-state index contributed by atoms with van der Waals surface area (Å²) in [7, 11) is 0. The van der Waals surface area contributed by atoms with Crippen LogP contribution < -0.4 is 0 Å². The molecule has 0 unspecified atom stereocenters. The lowest BCUT2D eigenvalue weighted by atomic mass is 9.68. The Labute approximate surface area is 148 Å². The zero-order chi connectivity index (χ0) is 16.7. The van der Waals surface area contributed by atoms with Gasteiger partial charge in [0.2, 0.25) is 0 Å². The molecule has 0 aromatic heterocycles. The van der Waals surface area contributed by atoms with Crippen molar-refractivity contribution in [1.29, 1.82) is 0 Å². The minimum Gasteiger partial charge on any atom is -0.0622 e. The van der Waals surface area contributed by atoms with Crippen LogP contribution in [-0.2, 0) is 5.41 Å². The van der Waals surface area contributed by atoms with E-state index >= 15 is 0 Å². The van der Waals surface area contributed by atoms with E-state index < -0.39 is 0 Å². The average Bonchev–Trinajstić information content (AvgIpc) is 3.01. The van der Waals surface area contributed by atoms with Gasteiger partial charge in [0.25, 0.3) is 0 Å². The Morgan fingerprint density at radius 1 is 0.520 bits per heavy atom. The fourth-order valence-corrected chi connectivity index (χ4v) is 4.33. The summed E-state index contributed by atoms with van der Waals surface area (Å²) in [6.45, 7) is 0. The zero-order valence-electron chi connectivity index (χ0n) is 13.8. The summed E-state index contributed by atoms with van der Waals surface area (Å²) in [5, 5.41) is 0. The van der Waals surface area contributed by atoms with Gasteiger partial charge in [-0.25, -0.2) is 0 Å². The first kappa shape index (κ1) is 14.2. The fraction of sp³-hybridized carbons (Fsp3) is 0.0400. The largest absolute Gasteiger partial charge is 0.0713 e. The lowest BCUT2D eigenvalue weighted by Crippen LogP contribution is -2.28. The first-order valence-corrected chi connectivity index (χ1v) is 8.64. The molecular weight excluding hydrogens is 300 g/mol. The SMILES string of the molecule is [c]1ccc2c(c1)C(c1ccccc1)(c1ccccc1)c1ccccc1-2. The van der Waals surface area contributed by atoms with E-state index in [0.29, 0.717) is 0 Å². The molecule has 0 heteroatoms. The molecule has 0 fully saturated rings. The maximum atomic E-state index is 3.32. The van der Waals surface area contributed by atoms with E-state index in [1.165, 1.54) is 33.4 Å². The third-order valence-electron chi connectivity index (χ3n) is 5.30. The van der Waals surface area contributed by atoms with Gasteiger partial charge in [-0.05, 0) is 45.5 Å². The van der Waals surface area contributed by atoms with Crippen molar-refractivity contribution in [3.05, 3.63) is 131 Å². The first-order valence-electron chi connectivity index (χ1n) is 8.64. The lowest BCUT2D eigenvalue weighted by molar-refractivity contribution is 0.768. The molecule has 117 valence electrons. The highest BCUT2D eigenvalue weighted by Crippen LogP contribution is 2.55. The molecule has 1 aliphatic carbocycles. The van der Waals surface area contributed by atoms with E-state index in [1.807, 2.05) is 6.07 Å². The minimum atomic E-state index is -0.286. The van der Waals surface area contributed by atoms with E-state index in [-0.39, 0.29) is 5.41 Å². The van der Waals surface area contributed by atoms with Crippen LogP contribution in [0.15, 0.2) is 103 Å². The summed E-state index contributed by atoms with van der Waals surface area (Å²) in [4.78, 5) is 0. The molecule has 0 atom stereocenters. The van der Waals surface area contributed by atoms with Crippen molar-refractivity contribution in [3.8, 4) is 11.1 Å². The first-order chi connectivity index (χ1) is 12.4. The topological polar surface area (TPSA) is 0 Å². The van der Waals surface area contributed by atoms with Crippen molar-refractivity contribution in [1.82, 2.24) is 0 Å². The smallest absolute Gasteiger partial charge is 0.0622 e. The third kappa shape index (κ3) is 1.88. The Morgan fingerprint density at radius 2 is 1.08 bits per heavy atom. The molecule has 4 aromatic carbocycles. The number of hydrogen-bond acceptors (Lipinski definition) is 0. The van der Waals surface area contributed by atoms with Gasteiger partial charge in [0.1, 0.15) is 0 Å². The Bertz CT molecular complexity index is 943. The molecule has 4 aromatic rings. The Morgan fingerprint density at radius 3 is 1.76 bits per heavy atom. The molecule has 1 radical (unpaired) electrons. The molecule has 0 heterocycles. The molecular formula is C25H17. The second kappa shape index (κ2) is 5.46. The van der Waals surface area contributed by atoms with Gasteiger partial charge in [0.15, 0.2) is 0 Å². The number of rotatable bonds is 2. The van der Waals surface area contributed by atoms with Crippen LogP contribution in [0, 0.1) is 6.07 Å². The average molecular weight is 317 g/mol. The summed E-state index contributed by atoms with van der Waals surface area (Å²) < 4.78 is 0. The predicted octanol–water partition coefficient (Wildman–Crippen LogP) is 5.85. The van der Waals surface area contributed by atoms with Crippen molar-refractivity contribution in [2.75, 3.05) is 0 Å². The lowest BCUT2D eigenvalue weighted by Gasteiger charge is -2.33. The second-order valence-electron chi connectivity index (χ2n) is 6.50. The quantitative estimate of drug-likeness (QED) is 0.383. The maximum absolute atomic E-state index is 3.32. The van der Waals surface area contributed by atoms with E-state index in [9.17, 15) is 0 Å². The van der Waals surface area contributed by atoms with E-state index in [1.54, 1.807) is 0 Å². The van der Waals surface area contributed by atoms with Crippen LogP contribution in [-0.4, -0.2) is 0 Å². The molecule has 0 saturated heterocycles. The van der Waals surface area contributed by atoms with E-state index in [2.05, 4.69) is 103 Å². The van der Waals surface area contributed by atoms with Gasteiger partial charge in [0, 0.05) is 0 Å². The van der Waals surface area contributed by atoms with Gasteiger partial charge >= 0.3 is 0 Å². The number of fused-ring (bicyclic) bond motifs is 3. The van der Waals surface area contributed by atoms with Crippen molar-refractivity contribution in [3.63, 3.8) is 0 Å². The van der Waals surface area contributed by atoms with Crippen LogP contribution >= 0.6 is 0 Å². The molecule has 5 rings (SSSR count). The maximum Gasteiger partial charge on any atom is 0.0713 e. The third-order valence-corrected chi connectivity index (χ3v) is 5.30. The predicted molar refractivity (Wildman–Crippen MR) is 103 cm³/mol. The number of hydrogen-bond donors (Lipinski definition) is 0. The van der Waals surface area contributed by atoms with Gasteiger partial charge in [-0.2, -0.15) is 0 Å². The summed E-state index contributed by atoms with van der Waals surface area (Å²) in [5.41, 5.74) is 7.60. The monoisotopic (exact) mass is 317 g/mol. The van der Waals surface area contributed by atoms with E-state index in [4.69, 9.17) is 0 Å². The highest BCUT2D eigenvalue weighted by atomic mass is 14.5. The second-order valence-corrected chi connectivity index (χ2v) is 6.50. The highest BCUT2D eigenvalue weighted by Gasteiger charge is 2.45. The molecule has 0 spiro atoms. The van der Waals surface area contributed by atoms with Gasteiger partial charge in [-0.1, -0.05) is 97.1 Å². The Kier molecular flexibility index (Phi) is 3.11. The molecule has 0 nitrogen and oxygen atoms in total. The minimum absolute atomic E-state index is 0.286. The fourth-order valence-electron chi connectivity index (χ4n) is 4.33. The van der Waals surface area contributed by atoms with Crippen molar-refractivity contribution in [2.24, 2.45) is 0 Å². The van der Waals surface area contributed by atoms with Crippen molar-refractivity contribution < 1.29 is 0 Å². The summed E-state index contributed by atoms with van der Waals surface area (Å²) in [6, 6.07) is 40.2. The summed E-state index contributed by atoms with van der Waals surface area (Å²) in [5.74, 6) is 0. The standard InChI is InChI=1S/C25H17/c1-3-11-19(12-4-1)25(20-13-5-2-6-14-20)23-17-9-7-15-21(23)22-16-8-10-18-24(22)25/h1-9,11-18H. The number of benzene rings is 4. The van der Waals surface area contributed by atoms with Crippen LogP contribution in [0.4, 0.5) is 0 Å². The Hall–Kier alpha value is -3.12. The molecule has 0 amide bonds. The molecule has 0 N–H and O–H groups in total. The van der Waals surface area contributed by atoms with Crippen LogP contribution in [0.2, 0.25) is 0 Å². The summed E-state index contributed by atoms with van der Waals surface area (Å²) >= 11 is 0. The zero-order valence-corrected chi connectivity index (χ0v) is 13.8. The molecule has 1 aliphatic rings. The molecule has 0 saturated carbocycles. The highest BCUT2D eigenvalue weighted by molar-refractivity contribution is 5.86. The Balaban J connectivity index is 1.98. The van der Waals surface area contributed by atoms with Crippen molar-refractivity contribution >= 4 is 0 Å². The van der Waals surface area contributed by atoms with Crippen LogP contribution in [0.5, 0.6) is 0 Å². The van der Waals surface area contributed by atoms with Crippen molar-refractivity contribution in [2.45, 2.75) is 5.41 Å². The molecule has 25 heavy (non-hydrogen) atoms.